The summed E-state index contributed by atoms with van der Waals surface area (Å²) in [5.74, 6) is 0.806. The third-order valence-corrected chi connectivity index (χ3v) is 4.45. The van der Waals surface area contributed by atoms with Gasteiger partial charge in [-0.3, -0.25) is 0 Å². The average Bonchev–Trinajstić information content (AvgIpc) is 2.87. The Morgan fingerprint density at radius 1 is 1.47 bits per heavy atom. The van der Waals surface area contributed by atoms with Gasteiger partial charge in [0.25, 0.3) is 0 Å². The van der Waals surface area contributed by atoms with Gasteiger partial charge in [-0.2, -0.15) is 5.26 Å². The molecular weight excluding hydrogens is 254 g/mol. The van der Waals surface area contributed by atoms with Crippen LogP contribution in [0.3, 0.4) is 0 Å². The molecule has 0 radical (unpaired) electrons. The standard InChI is InChI=1S/C15H15N3S/c1-10-7-11(9-16)8-15(17-10)18-13-3-2-4-14-12(13)5-6-19-14/h5-8,13H,2-4H2,1H3,(H,17,18). The van der Waals surface area contributed by atoms with Crippen LogP contribution in [0.25, 0.3) is 0 Å². The first-order chi connectivity index (χ1) is 9.26. The van der Waals surface area contributed by atoms with Crippen LogP contribution in [0, 0.1) is 18.3 Å². The van der Waals surface area contributed by atoms with Gasteiger partial charge in [0.15, 0.2) is 0 Å². The van der Waals surface area contributed by atoms with E-state index < -0.39 is 0 Å². The van der Waals surface area contributed by atoms with Crippen LogP contribution in [-0.4, -0.2) is 4.98 Å². The smallest absolute Gasteiger partial charge is 0.128 e. The first kappa shape index (κ1) is 12.2. The van der Waals surface area contributed by atoms with Crippen molar-refractivity contribution in [2.45, 2.75) is 32.2 Å². The van der Waals surface area contributed by atoms with Crippen molar-refractivity contribution in [2.24, 2.45) is 0 Å². The van der Waals surface area contributed by atoms with E-state index in [1.807, 2.05) is 30.4 Å². The van der Waals surface area contributed by atoms with Crippen LogP contribution in [0.4, 0.5) is 5.82 Å². The summed E-state index contributed by atoms with van der Waals surface area (Å²) >= 11 is 1.84. The molecule has 4 heteroatoms. The van der Waals surface area contributed by atoms with Crippen LogP contribution < -0.4 is 5.32 Å². The zero-order chi connectivity index (χ0) is 13.2. The maximum absolute atomic E-state index is 9.01. The highest BCUT2D eigenvalue weighted by atomic mass is 32.1. The number of aryl methyl sites for hydroxylation is 2. The molecule has 0 bridgehead atoms. The number of pyridine rings is 1. The van der Waals surface area contributed by atoms with Crippen molar-refractivity contribution in [1.82, 2.24) is 4.98 Å². The summed E-state index contributed by atoms with van der Waals surface area (Å²) in [4.78, 5) is 5.96. The van der Waals surface area contributed by atoms with Gasteiger partial charge in [0.2, 0.25) is 0 Å². The minimum atomic E-state index is 0.329. The third-order valence-electron chi connectivity index (χ3n) is 3.46. The summed E-state index contributed by atoms with van der Waals surface area (Å²) < 4.78 is 0. The van der Waals surface area contributed by atoms with Gasteiger partial charge in [-0.15, -0.1) is 11.3 Å². The molecule has 2 heterocycles. The summed E-state index contributed by atoms with van der Waals surface area (Å²) in [6, 6.07) is 8.35. The quantitative estimate of drug-likeness (QED) is 0.901. The molecule has 2 aromatic heterocycles. The fourth-order valence-corrected chi connectivity index (χ4v) is 3.61. The van der Waals surface area contributed by atoms with E-state index in [0.29, 0.717) is 11.6 Å². The zero-order valence-corrected chi connectivity index (χ0v) is 11.6. The zero-order valence-electron chi connectivity index (χ0n) is 10.8. The van der Waals surface area contributed by atoms with Crippen LogP contribution >= 0.6 is 11.3 Å². The molecule has 1 unspecified atom stereocenters. The van der Waals surface area contributed by atoms with E-state index in [2.05, 4.69) is 27.8 Å². The fraction of sp³-hybridized carbons (Fsp3) is 0.333. The second-order valence-electron chi connectivity index (χ2n) is 4.88. The van der Waals surface area contributed by atoms with E-state index >= 15 is 0 Å². The van der Waals surface area contributed by atoms with Crippen LogP contribution in [-0.2, 0) is 6.42 Å². The number of fused-ring (bicyclic) bond motifs is 1. The second-order valence-corrected chi connectivity index (χ2v) is 5.88. The molecule has 96 valence electrons. The molecule has 1 aliphatic carbocycles. The Labute approximate surface area is 116 Å². The van der Waals surface area contributed by atoms with Crippen molar-refractivity contribution >= 4 is 17.2 Å². The molecule has 0 fully saturated rings. The summed E-state index contributed by atoms with van der Waals surface area (Å²) in [6.07, 6.45) is 3.53. The van der Waals surface area contributed by atoms with Crippen molar-refractivity contribution in [1.29, 1.82) is 5.26 Å². The summed E-state index contributed by atoms with van der Waals surface area (Å²) in [5.41, 5.74) is 2.94. The fourth-order valence-electron chi connectivity index (χ4n) is 2.62. The van der Waals surface area contributed by atoms with Crippen molar-refractivity contribution in [3.63, 3.8) is 0 Å². The average molecular weight is 269 g/mol. The number of thiophene rings is 1. The van der Waals surface area contributed by atoms with Gasteiger partial charge in [-0.05, 0) is 55.3 Å². The number of anilines is 1. The monoisotopic (exact) mass is 269 g/mol. The Bertz CT molecular complexity index is 639. The lowest BCUT2D eigenvalue weighted by Crippen LogP contribution is -2.16. The molecule has 0 spiro atoms. The molecular formula is C15H15N3S. The maximum atomic E-state index is 9.01. The Morgan fingerprint density at radius 3 is 3.21 bits per heavy atom. The number of rotatable bonds is 2. The number of hydrogen-bond acceptors (Lipinski definition) is 4. The summed E-state index contributed by atoms with van der Waals surface area (Å²) in [6.45, 7) is 1.92. The van der Waals surface area contributed by atoms with Crippen LogP contribution in [0.1, 0.15) is 40.6 Å². The molecule has 1 N–H and O–H groups in total. The topological polar surface area (TPSA) is 48.7 Å². The second kappa shape index (κ2) is 5.02. The third kappa shape index (κ3) is 2.47. The summed E-state index contributed by atoms with van der Waals surface area (Å²) in [7, 11) is 0. The number of hydrogen-bond donors (Lipinski definition) is 1. The van der Waals surface area contributed by atoms with Crippen molar-refractivity contribution in [3.8, 4) is 6.07 Å². The minimum absolute atomic E-state index is 0.329. The van der Waals surface area contributed by atoms with Crippen LogP contribution in [0.5, 0.6) is 0 Å². The van der Waals surface area contributed by atoms with Crippen molar-refractivity contribution < 1.29 is 0 Å². The maximum Gasteiger partial charge on any atom is 0.128 e. The Balaban J connectivity index is 1.87. The highest BCUT2D eigenvalue weighted by Gasteiger charge is 2.21. The largest absolute Gasteiger partial charge is 0.363 e. The molecule has 0 saturated heterocycles. The number of aromatic nitrogens is 1. The van der Waals surface area contributed by atoms with E-state index in [1.165, 1.54) is 23.3 Å². The van der Waals surface area contributed by atoms with E-state index in [-0.39, 0.29) is 0 Å². The predicted molar refractivity (Wildman–Crippen MR) is 77.3 cm³/mol. The number of nitriles is 1. The lowest BCUT2D eigenvalue weighted by Gasteiger charge is -2.24. The van der Waals surface area contributed by atoms with E-state index in [1.54, 1.807) is 0 Å². The molecule has 0 amide bonds. The van der Waals surface area contributed by atoms with Crippen molar-refractivity contribution in [2.75, 3.05) is 5.32 Å². The molecule has 0 aromatic carbocycles. The molecule has 0 saturated carbocycles. The molecule has 2 aromatic rings. The first-order valence-corrected chi connectivity index (χ1v) is 7.36. The van der Waals surface area contributed by atoms with Gasteiger partial charge in [0.1, 0.15) is 5.82 Å². The van der Waals surface area contributed by atoms with Gasteiger partial charge in [0, 0.05) is 10.6 Å². The normalized spacial score (nSPS) is 17.6. The molecule has 1 atom stereocenters. The van der Waals surface area contributed by atoms with E-state index in [0.717, 1.165) is 17.9 Å². The highest BCUT2D eigenvalue weighted by Crippen LogP contribution is 2.35. The van der Waals surface area contributed by atoms with Gasteiger partial charge < -0.3 is 5.32 Å². The minimum Gasteiger partial charge on any atom is -0.363 e. The SMILES string of the molecule is Cc1cc(C#N)cc(NC2CCCc3sccc32)n1. The van der Waals surface area contributed by atoms with Gasteiger partial charge in [-0.25, -0.2) is 4.98 Å². The molecule has 1 aliphatic rings. The van der Waals surface area contributed by atoms with Crippen molar-refractivity contribution in [3.05, 3.63) is 45.3 Å². The van der Waals surface area contributed by atoms with Crippen LogP contribution in [0.2, 0.25) is 0 Å². The Morgan fingerprint density at radius 2 is 2.37 bits per heavy atom. The predicted octanol–water partition coefficient (Wildman–Crippen LogP) is 3.81. The van der Waals surface area contributed by atoms with Gasteiger partial charge in [0.05, 0.1) is 17.7 Å². The van der Waals surface area contributed by atoms with Crippen LogP contribution in [0.15, 0.2) is 23.6 Å². The highest BCUT2D eigenvalue weighted by molar-refractivity contribution is 7.10. The van der Waals surface area contributed by atoms with Gasteiger partial charge >= 0.3 is 0 Å². The van der Waals surface area contributed by atoms with Gasteiger partial charge in [-0.1, -0.05) is 0 Å². The molecule has 19 heavy (non-hydrogen) atoms. The lowest BCUT2D eigenvalue weighted by molar-refractivity contribution is 0.607. The first-order valence-electron chi connectivity index (χ1n) is 6.48. The Hall–Kier alpha value is -1.86. The van der Waals surface area contributed by atoms with E-state index in [9.17, 15) is 0 Å². The number of nitrogens with one attached hydrogen (secondary N) is 1. The number of nitrogens with zero attached hydrogens (tertiary/aromatic N) is 2. The molecule has 3 rings (SSSR count). The molecule has 0 aliphatic heterocycles. The molecule has 3 nitrogen and oxygen atoms in total. The Kier molecular flexibility index (Phi) is 3.22. The summed E-state index contributed by atoms with van der Waals surface area (Å²) in [5, 5.41) is 14.7. The lowest BCUT2D eigenvalue weighted by atomic mass is 9.94. The van der Waals surface area contributed by atoms with E-state index in [4.69, 9.17) is 5.26 Å².